The molecule has 0 aliphatic rings. The minimum absolute atomic E-state index is 0.0856. The molecule has 0 aliphatic carbocycles. The van der Waals surface area contributed by atoms with Crippen LogP contribution in [0.2, 0.25) is 5.02 Å². The Labute approximate surface area is 196 Å². The summed E-state index contributed by atoms with van der Waals surface area (Å²) in [5.41, 5.74) is -1.26. The van der Waals surface area contributed by atoms with E-state index in [1.54, 1.807) is 13.8 Å². The second-order valence-electron chi connectivity index (χ2n) is 7.34. The molecule has 2 N–H and O–H groups in total. The van der Waals surface area contributed by atoms with Gasteiger partial charge in [0.2, 0.25) is 0 Å². The average Bonchev–Trinajstić information content (AvgIpc) is 3.25. The van der Waals surface area contributed by atoms with Crippen molar-refractivity contribution in [2.45, 2.75) is 32.2 Å². The van der Waals surface area contributed by atoms with Gasteiger partial charge in [-0.3, -0.25) is 4.79 Å². The largest absolute Gasteiger partial charge is 0.445 e. The van der Waals surface area contributed by atoms with E-state index in [1.165, 1.54) is 6.20 Å². The van der Waals surface area contributed by atoms with Crippen LogP contribution in [0.25, 0.3) is 0 Å². The number of pyridine rings is 1. The molecular formula is C21H18ClF3N4O3S. The van der Waals surface area contributed by atoms with Gasteiger partial charge in [0.25, 0.3) is 5.91 Å². The molecule has 2 heterocycles. The van der Waals surface area contributed by atoms with Gasteiger partial charge in [0.05, 0.1) is 22.3 Å². The summed E-state index contributed by atoms with van der Waals surface area (Å²) in [6.45, 7) is 3.43. The van der Waals surface area contributed by atoms with Crippen LogP contribution in [0.4, 0.5) is 23.8 Å². The minimum Gasteiger partial charge on any atom is -0.445 e. The van der Waals surface area contributed by atoms with Crippen molar-refractivity contribution >= 4 is 40.8 Å². The SMILES string of the molecule is CC(C)(NC(=O)OCc1ccccc1)c1ncc(C(=O)Nc2cc(C(F)(F)F)c(Cl)cn2)s1. The number of nitrogens with one attached hydrogen (secondary N) is 2. The number of nitrogens with zero attached hydrogens (tertiary/aromatic N) is 2. The van der Waals surface area contributed by atoms with Gasteiger partial charge in [-0.1, -0.05) is 41.9 Å². The van der Waals surface area contributed by atoms with Crippen LogP contribution in [-0.2, 0) is 23.1 Å². The third kappa shape index (κ3) is 6.42. The van der Waals surface area contributed by atoms with E-state index in [1.807, 2.05) is 30.3 Å². The Kier molecular flexibility index (Phi) is 7.23. The highest BCUT2D eigenvalue weighted by atomic mass is 35.5. The monoisotopic (exact) mass is 498 g/mol. The zero-order valence-corrected chi connectivity index (χ0v) is 18.9. The summed E-state index contributed by atoms with van der Waals surface area (Å²) >= 11 is 6.51. The lowest BCUT2D eigenvalue weighted by Crippen LogP contribution is -2.41. The summed E-state index contributed by atoms with van der Waals surface area (Å²) in [5.74, 6) is -1.02. The van der Waals surface area contributed by atoms with E-state index >= 15 is 0 Å². The van der Waals surface area contributed by atoms with Crippen molar-refractivity contribution in [1.29, 1.82) is 0 Å². The minimum atomic E-state index is -4.69. The number of carbonyl (C=O) groups excluding carboxylic acids is 2. The molecule has 0 aliphatic heterocycles. The van der Waals surface area contributed by atoms with Crippen molar-refractivity contribution in [2.24, 2.45) is 0 Å². The second kappa shape index (κ2) is 9.75. The van der Waals surface area contributed by atoms with Crippen molar-refractivity contribution in [3.63, 3.8) is 0 Å². The second-order valence-corrected chi connectivity index (χ2v) is 8.78. The summed E-state index contributed by atoms with van der Waals surface area (Å²) in [6, 6.07) is 9.78. The number of anilines is 1. The maximum Gasteiger partial charge on any atom is 0.418 e. The molecule has 0 atom stereocenters. The first kappa shape index (κ1) is 24.5. The number of hydrogen-bond donors (Lipinski definition) is 2. The van der Waals surface area contributed by atoms with Crippen molar-refractivity contribution in [2.75, 3.05) is 5.32 Å². The smallest absolute Gasteiger partial charge is 0.418 e. The lowest BCUT2D eigenvalue weighted by molar-refractivity contribution is -0.137. The molecule has 1 aromatic carbocycles. The number of thiazole rings is 1. The number of ether oxygens (including phenoxy) is 1. The molecule has 174 valence electrons. The van der Waals surface area contributed by atoms with E-state index < -0.39 is 34.3 Å². The van der Waals surface area contributed by atoms with Gasteiger partial charge in [-0.25, -0.2) is 14.8 Å². The van der Waals surface area contributed by atoms with Crippen LogP contribution in [-0.4, -0.2) is 22.0 Å². The number of halogens is 4. The Hall–Kier alpha value is -3.18. The number of alkyl carbamates (subject to hydrolysis) is 1. The lowest BCUT2D eigenvalue weighted by atomic mass is 10.1. The molecule has 0 radical (unpaired) electrons. The van der Waals surface area contributed by atoms with Gasteiger partial charge < -0.3 is 15.4 Å². The fraction of sp³-hybridized carbons (Fsp3) is 0.238. The van der Waals surface area contributed by atoms with E-state index in [4.69, 9.17) is 16.3 Å². The number of carbonyl (C=O) groups is 2. The molecule has 0 unspecified atom stereocenters. The first-order chi connectivity index (χ1) is 15.5. The van der Waals surface area contributed by atoms with Crippen molar-refractivity contribution in [3.8, 4) is 0 Å². The lowest BCUT2D eigenvalue weighted by Gasteiger charge is -2.23. The molecule has 0 saturated carbocycles. The van der Waals surface area contributed by atoms with Gasteiger partial charge in [-0.15, -0.1) is 11.3 Å². The van der Waals surface area contributed by atoms with Gasteiger partial charge >= 0.3 is 12.3 Å². The molecule has 7 nitrogen and oxygen atoms in total. The van der Waals surface area contributed by atoms with E-state index in [0.29, 0.717) is 11.1 Å². The van der Waals surface area contributed by atoms with Crippen LogP contribution >= 0.6 is 22.9 Å². The van der Waals surface area contributed by atoms with Gasteiger partial charge in [-0.05, 0) is 25.5 Å². The highest BCUT2D eigenvalue weighted by molar-refractivity contribution is 7.13. The summed E-state index contributed by atoms with van der Waals surface area (Å²) in [4.78, 5) is 32.6. The van der Waals surface area contributed by atoms with Crippen LogP contribution in [0.5, 0.6) is 0 Å². The Morgan fingerprint density at radius 1 is 1.12 bits per heavy atom. The van der Waals surface area contributed by atoms with Crippen LogP contribution in [0.3, 0.4) is 0 Å². The highest BCUT2D eigenvalue weighted by Crippen LogP contribution is 2.35. The number of rotatable bonds is 6. The van der Waals surface area contributed by atoms with E-state index in [9.17, 15) is 22.8 Å². The zero-order valence-electron chi connectivity index (χ0n) is 17.4. The molecule has 0 saturated heterocycles. The summed E-state index contributed by atoms with van der Waals surface area (Å²) in [7, 11) is 0. The third-order valence-corrected chi connectivity index (χ3v) is 5.91. The predicted octanol–water partition coefficient (Wildman–Crippen LogP) is 5.62. The first-order valence-corrected chi connectivity index (χ1v) is 10.6. The van der Waals surface area contributed by atoms with E-state index in [0.717, 1.165) is 23.1 Å². The topological polar surface area (TPSA) is 93.2 Å². The van der Waals surface area contributed by atoms with E-state index in [2.05, 4.69) is 20.6 Å². The van der Waals surface area contributed by atoms with Crippen molar-refractivity contribution < 1.29 is 27.5 Å². The van der Waals surface area contributed by atoms with E-state index in [-0.39, 0.29) is 17.3 Å². The fourth-order valence-electron chi connectivity index (χ4n) is 2.64. The molecule has 2 aromatic heterocycles. The van der Waals surface area contributed by atoms with Crippen molar-refractivity contribution in [3.05, 3.63) is 74.8 Å². The molecule has 33 heavy (non-hydrogen) atoms. The molecule has 0 spiro atoms. The first-order valence-electron chi connectivity index (χ1n) is 9.45. The third-order valence-electron chi connectivity index (χ3n) is 4.29. The van der Waals surface area contributed by atoms with Crippen molar-refractivity contribution in [1.82, 2.24) is 15.3 Å². The van der Waals surface area contributed by atoms with Gasteiger partial charge in [-0.2, -0.15) is 13.2 Å². The van der Waals surface area contributed by atoms with Crippen LogP contribution in [0.15, 0.2) is 48.8 Å². The van der Waals surface area contributed by atoms with Crippen LogP contribution in [0, 0.1) is 0 Å². The number of amides is 2. The Balaban J connectivity index is 1.64. The standard InChI is InChI=1S/C21H18ClF3N4O3S/c1-20(2,29-19(31)32-11-12-6-4-3-5-7-12)18-27-10-15(33-18)17(30)28-16-8-13(21(23,24)25)14(22)9-26-16/h3-10H,11H2,1-2H3,(H,29,31)(H,26,28,30). The fourth-order valence-corrected chi connectivity index (χ4v) is 3.72. The Morgan fingerprint density at radius 3 is 2.48 bits per heavy atom. The van der Waals surface area contributed by atoms with Crippen LogP contribution < -0.4 is 10.6 Å². The zero-order chi connectivity index (χ0) is 24.2. The average molecular weight is 499 g/mol. The molecule has 0 bridgehead atoms. The predicted molar refractivity (Wildman–Crippen MR) is 117 cm³/mol. The summed E-state index contributed by atoms with van der Waals surface area (Å²) < 4.78 is 44.2. The maximum atomic E-state index is 13.0. The number of alkyl halides is 3. The Bertz CT molecular complexity index is 1150. The molecule has 3 aromatic rings. The van der Waals surface area contributed by atoms with Crippen LogP contribution in [0.1, 0.15) is 39.7 Å². The Morgan fingerprint density at radius 2 is 1.82 bits per heavy atom. The molecule has 3 rings (SSSR count). The highest BCUT2D eigenvalue weighted by Gasteiger charge is 2.34. The van der Waals surface area contributed by atoms with Gasteiger partial charge in [0.15, 0.2) is 0 Å². The summed E-state index contributed by atoms with van der Waals surface area (Å²) in [6.07, 6.45) is -3.29. The molecule has 0 fully saturated rings. The normalized spacial score (nSPS) is 11.7. The number of hydrogen-bond acceptors (Lipinski definition) is 6. The quantitative estimate of drug-likeness (QED) is 0.460. The maximum absolute atomic E-state index is 13.0. The molecule has 12 heteroatoms. The van der Waals surface area contributed by atoms with Gasteiger partial charge in [0, 0.05) is 6.20 Å². The number of benzene rings is 1. The molecular weight excluding hydrogens is 481 g/mol. The summed E-state index contributed by atoms with van der Waals surface area (Å²) in [5, 5.41) is 4.79. The van der Waals surface area contributed by atoms with Gasteiger partial charge in [0.1, 0.15) is 22.3 Å². The molecule has 2 amide bonds. The number of aromatic nitrogens is 2.